The summed E-state index contributed by atoms with van der Waals surface area (Å²) in [6.45, 7) is 0.498. The van der Waals surface area contributed by atoms with Gasteiger partial charge in [0.1, 0.15) is 11.3 Å². The molecule has 0 saturated heterocycles. The highest BCUT2D eigenvalue weighted by Gasteiger charge is 2.22. The lowest BCUT2D eigenvalue weighted by Gasteiger charge is -2.25. The Bertz CT molecular complexity index is 752. The minimum Gasteiger partial charge on any atom is -0.324 e. The second kappa shape index (κ2) is 4.82. The van der Waals surface area contributed by atoms with Crippen molar-refractivity contribution >= 4 is 32.6 Å². The lowest BCUT2D eigenvalue weighted by molar-refractivity contribution is 0.353. The van der Waals surface area contributed by atoms with Gasteiger partial charge in [0, 0.05) is 6.04 Å². The molecular weight excluding hydrogens is 268 g/mol. The van der Waals surface area contributed by atoms with Crippen LogP contribution in [0.5, 0.6) is 0 Å². The number of hydrogen-bond acceptors (Lipinski definition) is 4. The number of rotatable bonds is 2. The third-order valence-corrected chi connectivity index (χ3v) is 5.23. The van der Waals surface area contributed by atoms with E-state index in [-0.39, 0.29) is 0 Å². The maximum absolute atomic E-state index is 5.94. The van der Waals surface area contributed by atoms with Crippen LogP contribution in [0.25, 0.3) is 21.3 Å². The molecule has 5 heteroatoms. The van der Waals surface area contributed by atoms with Crippen LogP contribution in [-0.4, -0.2) is 14.5 Å². The molecule has 0 aromatic carbocycles. The molecule has 4 nitrogen and oxygen atoms in total. The molecule has 3 aromatic rings. The molecule has 1 aliphatic rings. The van der Waals surface area contributed by atoms with Gasteiger partial charge in [-0.3, -0.25) is 4.98 Å². The molecule has 3 aromatic heterocycles. The Hall–Kier alpha value is -1.46. The third-order valence-electron chi connectivity index (χ3n) is 4.32. The van der Waals surface area contributed by atoms with E-state index in [2.05, 4.69) is 21.0 Å². The summed E-state index contributed by atoms with van der Waals surface area (Å²) in [5, 5.41) is 2.11. The number of imidazole rings is 1. The Kier molecular flexibility index (Phi) is 2.97. The molecule has 104 valence electrons. The maximum Gasteiger partial charge on any atom is 0.124 e. The normalized spacial score (nSPS) is 17.2. The van der Waals surface area contributed by atoms with Crippen molar-refractivity contribution < 1.29 is 0 Å². The van der Waals surface area contributed by atoms with Gasteiger partial charge in [-0.2, -0.15) is 0 Å². The molecule has 20 heavy (non-hydrogen) atoms. The standard InChI is InChI=1S/C15H18N4S/c16-8-13-18-12-9-17-11-6-7-20-15(11)14(12)19(13)10-4-2-1-3-5-10/h6-7,9-10H,1-5,8,16H2. The predicted octanol–water partition coefficient (Wildman–Crippen LogP) is 3.61. The summed E-state index contributed by atoms with van der Waals surface area (Å²) in [5.41, 5.74) is 9.25. The molecule has 0 unspecified atom stereocenters. The number of nitrogens with two attached hydrogens (primary N) is 1. The van der Waals surface area contributed by atoms with Gasteiger partial charge in [-0.15, -0.1) is 11.3 Å². The van der Waals surface area contributed by atoms with E-state index in [1.165, 1.54) is 42.3 Å². The second-order valence-corrected chi connectivity index (χ2v) is 6.44. The summed E-state index contributed by atoms with van der Waals surface area (Å²) in [4.78, 5) is 9.22. The average molecular weight is 286 g/mol. The van der Waals surface area contributed by atoms with E-state index in [0.29, 0.717) is 12.6 Å². The van der Waals surface area contributed by atoms with Crippen molar-refractivity contribution in [2.24, 2.45) is 5.73 Å². The van der Waals surface area contributed by atoms with Crippen molar-refractivity contribution in [2.45, 2.75) is 44.7 Å². The van der Waals surface area contributed by atoms with Gasteiger partial charge >= 0.3 is 0 Å². The number of hydrogen-bond donors (Lipinski definition) is 1. The summed E-state index contributed by atoms with van der Waals surface area (Å²) < 4.78 is 3.66. The van der Waals surface area contributed by atoms with Gasteiger partial charge in [-0.1, -0.05) is 19.3 Å². The van der Waals surface area contributed by atoms with Crippen LogP contribution in [-0.2, 0) is 6.54 Å². The van der Waals surface area contributed by atoms with E-state index < -0.39 is 0 Å². The predicted molar refractivity (Wildman–Crippen MR) is 82.9 cm³/mol. The van der Waals surface area contributed by atoms with Gasteiger partial charge in [0.25, 0.3) is 0 Å². The molecule has 0 atom stereocenters. The van der Waals surface area contributed by atoms with Gasteiger partial charge in [-0.25, -0.2) is 4.98 Å². The van der Waals surface area contributed by atoms with E-state index in [9.17, 15) is 0 Å². The summed E-state index contributed by atoms with van der Waals surface area (Å²) in [7, 11) is 0. The van der Waals surface area contributed by atoms with E-state index in [4.69, 9.17) is 10.7 Å². The lowest BCUT2D eigenvalue weighted by Crippen LogP contribution is -2.17. The maximum atomic E-state index is 5.94. The van der Waals surface area contributed by atoms with Crippen molar-refractivity contribution in [3.63, 3.8) is 0 Å². The fraction of sp³-hybridized carbons (Fsp3) is 0.467. The monoisotopic (exact) mass is 286 g/mol. The summed E-state index contributed by atoms with van der Waals surface area (Å²) >= 11 is 1.75. The summed E-state index contributed by atoms with van der Waals surface area (Å²) in [6, 6.07) is 2.64. The molecule has 3 heterocycles. The average Bonchev–Trinajstić information content (AvgIpc) is 3.11. The highest BCUT2D eigenvalue weighted by Crippen LogP contribution is 2.36. The van der Waals surface area contributed by atoms with Crippen LogP contribution in [0.15, 0.2) is 17.6 Å². The quantitative estimate of drug-likeness (QED) is 0.783. The Balaban J connectivity index is 2.01. The minimum absolute atomic E-state index is 0.498. The van der Waals surface area contributed by atoms with Gasteiger partial charge in [0.15, 0.2) is 0 Å². The number of aromatic nitrogens is 3. The first-order valence-corrected chi connectivity index (χ1v) is 8.19. The van der Waals surface area contributed by atoms with Crippen molar-refractivity contribution in [3.8, 4) is 0 Å². The molecule has 1 aliphatic carbocycles. The van der Waals surface area contributed by atoms with Crippen LogP contribution in [0.1, 0.15) is 44.0 Å². The smallest absolute Gasteiger partial charge is 0.124 e. The first-order valence-electron chi connectivity index (χ1n) is 7.31. The first-order chi connectivity index (χ1) is 9.88. The largest absolute Gasteiger partial charge is 0.324 e. The van der Waals surface area contributed by atoms with Crippen LogP contribution in [0, 0.1) is 0 Å². The SMILES string of the molecule is NCc1nc2cnc3ccsc3c2n1C1CCCCC1. The topological polar surface area (TPSA) is 56.7 Å². The summed E-state index contributed by atoms with van der Waals surface area (Å²) in [6.07, 6.45) is 8.36. The second-order valence-electron chi connectivity index (χ2n) is 5.52. The van der Waals surface area contributed by atoms with Crippen molar-refractivity contribution in [1.82, 2.24) is 14.5 Å². The fourth-order valence-corrected chi connectivity index (χ4v) is 4.29. The van der Waals surface area contributed by atoms with Crippen molar-refractivity contribution in [3.05, 3.63) is 23.5 Å². The summed E-state index contributed by atoms with van der Waals surface area (Å²) in [5.74, 6) is 1.01. The van der Waals surface area contributed by atoms with E-state index in [1.54, 1.807) is 11.3 Å². The third kappa shape index (κ3) is 1.77. The van der Waals surface area contributed by atoms with E-state index in [0.717, 1.165) is 16.9 Å². The Morgan fingerprint density at radius 2 is 2.10 bits per heavy atom. The van der Waals surface area contributed by atoms with Crippen molar-refractivity contribution in [1.29, 1.82) is 0 Å². The van der Waals surface area contributed by atoms with Gasteiger partial charge in [0.2, 0.25) is 0 Å². The zero-order valence-electron chi connectivity index (χ0n) is 11.4. The van der Waals surface area contributed by atoms with E-state index in [1.807, 2.05) is 6.20 Å². The number of nitrogens with zero attached hydrogens (tertiary/aromatic N) is 3. The van der Waals surface area contributed by atoms with Gasteiger partial charge < -0.3 is 10.3 Å². The molecular formula is C15H18N4S. The molecule has 2 N–H and O–H groups in total. The first kappa shape index (κ1) is 12.3. The van der Waals surface area contributed by atoms with Crippen LogP contribution in [0.2, 0.25) is 0 Å². The van der Waals surface area contributed by atoms with Gasteiger partial charge in [-0.05, 0) is 24.3 Å². The Morgan fingerprint density at radius 1 is 1.25 bits per heavy atom. The van der Waals surface area contributed by atoms with Crippen LogP contribution in [0.4, 0.5) is 0 Å². The van der Waals surface area contributed by atoms with Crippen LogP contribution in [0.3, 0.4) is 0 Å². The minimum atomic E-state index is 0.498. The Morgan fingerprint density at radius 3 is 2.90 bits per heavy atom. The number of pyridine rings is 1. The van der Waals surface area contributed by atoms with Gasteiger partial charge in [0.05, 0.1) is 28.5 Å². The zero-order valence-corrected chi connectivity index (χ0v) is 12.2. The van der Waals surface area contributed by atoms with Crippen LogP contribution >= 0.6 is 11.3 Å². The molecule has 0 radical (unpaired) electrons. The molecule has 0 bridgehead atoms. The number of fused-ring (bicyclic) bond motifs is 3. The molecule has 0 amide bonds. The lowest BCUT2D eigenvalue weighted by atomic mass is 9.95. The molecule has 4 rings (SSSR count). The van der Waals surface area contributed by atoms with E-state index >= 15 is 0 Å². The molecule has 0 aliphatic heterocycles. The highest BCUT2D eigenvalue weighted by molar-refractivity contribution is 7.18. The molecule has 1 fully saturated rings. The van der Waals surface area contributed by atoms with Crippen molar-refractivity contribution in [2.75, 3.05) is 0 Å². The molecule has 0 spiro atoms. The van der Waals surface area contributed by atoms with Crippen LogP contribution < -0.4 is 5.73 Å². The Labute approximate surface area is 121 Å². The molecule has 1 saturated carbocycles. The fourth-order valence-electron chi connectivity index (χ4n) is 3.40. The zero-order chi connectivity index (χ0) is 13.5. The highest BCUT2D eigenvalue weighted by atomic mass is 32.1. The number of thiophene rings is 1.